The molecular formula is C26H21FN2O. The maximum absolute atomic E-state index is 13.4. The first-order valence-electron chi connectivity index (χ1n) is 10.3. The average Bonchev–Trinajstić information content (AvgIpc) is 3.15. The van der Waals surface area contributed by atoms with Gasteiger partial charge in [0.1, 0.15) is 11.7 Å². The minimum absolute atomic E-state index is 0.0206. The zero-order chi connectivity index (χ0) is 20.5. The van der Waals surface area contributed by atoms with Crippen LogP contribution in [0.3, 0.4) is 0 Å². The van der Waals surface area contributed by atoms with Crippen LogP contribution in [0.25, 0.3) is 10.9 Å². The number of hydrogen-bond donors (Lipinski definition) is 0. The van der Waals surface area contributed by atoms with Crippen molar-refractivity contribution in [1.29, 1.82) is 0 Å². The molecule has 0 bridgehead atoms. The molecule has 0 saturated heterocycles. The normalized spacial score (nSPS) is 17.7. The van der Waals surface area contributed by atoms with E-state index in [2.05, 4.69) is 24.0 Å². The van der Waals surface area contributed by atoms with Gasteiger partial charge in [0, 0.05) is 24.1 Å². The highest BCUT2D eigenvalue weighted by molar-refractivity contribution is 5.79. The molecule has 0 spiro atoms. The molecule has 0 fully saturated rings. The fraction of sp³-hybridized carbons (Fsp3) is 0.231. The summed E-state index contributed by atoms with van der Waals surface area (Å²) in [6.45, 7) is 0.709. The van der Waals surface area contributed by atoms with Crippen LogP contribution in [0.1, 0.15) is 29.8 Å². The quantitative estimate of drug-likeness (QED) is 0.587. The number of halogens is 1. The minimum atomic E-state index is -0.223. The maximum Gasteiger partial charge on any atom is 0.261 e. The second-order valence-electron chi connectivity index (χ2n) is 7.98. The molecule has 1 aromatic heterocycles. The zero-order valence-electron chi connectivity index (χ0n) is 16.6. The van der Waals surface area contributed by atoms with Crippen molar-refractivity contribution in [2.45, 2.75) is 32.2 Å². The van der Waals surface area contributed by atoms with Gasteiger partial charge >= 0.3 is 0 Å². The first-order chi connectivity index (χ1) is 14.7. The van der Waals surface area contributed by atoms with Crippen molar-refractivity contribution in [2.75, 3.05) is 0 Å². The number of benzene rings is 2. The summed E-state index contributed by atoms with van der Waals surface area (Å²) in [5.41, 5.74) is 3.57. The highest BCUT2D eigenvalue weighted by Crippen LogP contribution is 2.23. The Balaban J connectivity index is 1.43. The largest absolute Gasteiger partial charge is 0.296 e. The molecule has 1 aliphatic heterocycles. The van der Waals surface area contributed by atoms with Crippen molar-refractivity contribution in [1.82, 2.24) is 9.55 Å². The van der Waals surface area contributed by atoms with Crippen LogP contribution in [0.5, 0.6) is 0 Å². The smallest absolute Gasteiger partial charge is 0.261 e. The van der Waals surface area contributed by atoms with Gasteiger partial charge in [-0.05, 0) is 61.1 Å². The molecule has 1 atom stereocenters. The molecule has 0 amide bonds. The summed E-state index contributed by atoms with van der Waals surface area (Å²) < 4.78 is 15.2. The Morgan fingerprint density at radius 1 is 1.13 bits per heavy atom. The Kier molecular flexibility index (Phi) is 4.80. The zero-order valence-corrected chi connectivity index (χ0v) is 16.6. The van der Waals surface area contributed by atoms with Crippen molar-refractivity contribution in [3.05, 3.63) is 99.4 Å². The summed E-state index contributed by atoms with van der Waals surface area (Å²) in [6.07, 6.45) is 6.24. The number of allylic oxidation sites excluding steroid dienone is 4. The van der Waals surface area contributed by atoms with E-state index in [1.165, 1.54) is 11.6 Å². The van der Waals surface area contributed by atoms with Crippen LogP contribution in [0.4, 0.5) is 4.39 Å². The van der Waals surface area contributed by atoms with E-state index in [0.717, 1.165) is 36.2 Å². The summed E-state index contributed by atoms with van der Waals surface area (Å²) >= 11 is 0. The summed E-state index contributed by atoms with van der Waals surface area (Å²) in [7, 11) is 0. The Labute approximate surface area is 174 Å². The van der Waals surface area contributed by atoms with Gasteiger partial charge in [0.15, 0.2) is 0 Å². The van der Waals surface area contributed by atoms with Gasteiger partial charge in [-0.2, -0.15) is 0 Å². The summed E-state index contributed by atoms with van der Waals surface area (Å²) in [5, 5.41) is 0.621. The first-order valence-corrected chi connectivity index (χ1v) is 10.3. The molecule has 0 saturated carbocycles. The fourth-order valence-electron chi connectivity index (χ4n) is 4.27. The Bertz CT molecular complexity index is 1310. The van der Waals surface area contributed by atoms with Crippen molar-refractivity contribution < 1.29 is 4.39 Å². The standard InChI is InChI=1S/C26H21FN2O/c27-22-8-4-7-19(14-22)9-10-20-11-12-23-24(15-20)28-25-16-21(17-29(25)26(23)30)13-18-5-2-1-3-6-18/h1-3,5-6,8,11-12,14-15,21H,4,7,13,16-17H2. The number of aromatic nitrogens is 2. The van der Waals surface area contributed by atoms with Gasteiger partial charge in [0.05, 0.1) is 10.9 Å². The van der Waals surface area contributed by atoms with Gasteiger partial charge in [-0.1, -0.05) is 42.2 Å². The molecule has 1 unspecified atom stereocenters. The molecule has 5 rings (SSSR count). The molecule has 1 aliphatic carbocycles. The van der Waals surface area contributed by atoms with Crippen LogP contribution in [-0.4, -0.2) is 9.55 Å². The predicted octanol–water partition coefficient (Wildman–Crippen LogP) is 4.74. The van der Waals surface area contributed by atoms with Crippen LogP contribution >= 0.6 is 0 Å². The number of hydrogen-bond acceptors (Lipinski definition) is 2. The molecule has 2 heterocycles. The highest BCUT2D eigenvalue weighted by atomic mass is 19.1. The fourth-order valence-corrected chi connectivity index (χ4v) is 4.27. The molecule has 3 nitrogen and oxygen atoms in total. The second kappa shape index (κ2) is 7.76. The lowest BCUT2D eigenvalue weighted by Crippen LogP contribution is -2.21. The molecular weight excluding hydrogens is 375 g/mol. The van der Waals surface area contributed by atoms with E-state index in [0.29, 0.717) is 29.8 Å². The van der Waals surface area contributed by atoms with E-state index < -0.39 is 0 Å². The molecule has 30 heavy (non-hydrogen) atoms. The topological polar surface area (TPSA) is 34.9 Å². The number of nitrogens with zero attached hydrogens (tertiary/aromatic N) is 2. The molecule has 2 aliphatic rings. The molecule has 0 radical (unpaired) electrons. The van der Waals surface area contributed by atoms with Gasteiger partial charge in [-0.25, -0.2) is 9.37 Å². The van der Waals surface area contributed by atoms with Crippen LogP contribution in [-0.2, 0) is 19.4 Å². The predicted molar refractivity (Wildman–Crippen MR) is 117 cm³/mol. The minimum Gasteiger partial charge on any atom is -0.296 e. The lowest BCUT2D eigenvalue weighted by Gasteiger charge is -2.08. The van der Waals surface area contributed by atoms with E-state index in [9.17, 15) is 9.18 Å². The summed E-state index contributed by atoms with van der Waals surface area (Å²) in [4.78, 5) is 17.8. The molecule has 148 valence electrons. The monoisotopic (exact) mass is 396 g/mol. The van der Waals surface area contributed by atoms with E-state index in [-0.39, 0.29) is 11.4 Å². The summed E-state index contributed by atoms with van der Waals surface area (Å²) in [6, 6.07) is 15.9. The Morgan fingerprint density at radius 2 is 2.00 bits per heavy atom. The SMILES string of the molecule is O=c1c2ccc(C#CC3=CC(F)=CCC3)cc2nc2n1CC(Cc1ccccc1)C2. The summed E-state index contributed by atoms with van der Waals surface area (Å²) in [5.74, 6) is 7.15. The average molecular weight is 396 g/mol. The van der Waals surface area contributed by atoms with E-state index in [4.69, 9.17) is 4.98 Å². The third-order valence-corrected chi connectivity index (χ3v) is 5.75. The van der Waals surface area contributed by atoms with Gasteiger partial charge in [0.2, 0.25) is 0 Å². The van der Waals surface area contributed by atoms with Gasteiger partial charge in [-0.15, -0.1) is 0 Å². The Hall–Kier alpha value is -3.45. The second-order valence-corrected chi connectivity index (χ2v) is 7.98. The van der Waals surface area contributed by atoms with Gasteiger partial charge in [-0.3, -0.25) is 9.36 Å². The van der Waals surface area contributed by atoms with Crippen molar-refractivity contribution in [3.8, 4) is 11.8 Å². The van der Waals surface area contributed by atoms with E-state index in [1.807, 2.05) is 41.0 Å². The lowest BCUT2D eigenvalue weighted by molar-refractivity contribution is 0.507. The number of fused-ring (bicyclic) bond motifs is 2. The van der Waals surface area contributed by atoms with E-state index in [1.54, 1.807) is 6.08 Å². The maximum atomic E-state index is 13.4. The molecule has 2 aromatic carbocycles. The first kappa shape index (κ1) is 18.6. The molecule has 3 aromatic rings. The van der Waals surface area contributed by atoms with Gasteiger partial charge in [0.25, 0.3) is 5.56 Å². The van der Waals surface area contributed by atoms with Crippen molar-refractivity contribution in [3.63, 3.8) is 0 Å². The van der Waals surface area contributed by atoms with E-state index >= 15 is 0 Å². The van der Waals surface area contributed by atoms with Gasteiger partial charge < -0.3 is 0 Å². The third kappa shape index (κ3) is 3.71. The third-order valence-electron chi connectivity index (χ3n) is 5.75. The molecule has 0 N–H and O–H groups in total. The lowest BCUT2D eigenvalue weighted by atomic mass is 9.98. The highest BCUT2D eigenvalue weighted by Gasteiger charge is 2.25. The Morgan fingerprint density at radius 3 is 2.83 bits per heavy atom. The van der Waals surface area contributed by atoms with Crippen LogP contribution in [0, 0.1) is 17.8 Å². The van der Waals surface area contributed by atoms with Crippen molar-refractivity contribution in [2.24, 2.45) is 5.92 Å². The number of rotatable bonds is 2. The molecule has 4 heteroatoms. The van der Waals surface area contributed by atoms with Crippen molar-refractivity contribution >= 4 is 10.9 Å². The van der Waals surface area contributed by atoms with Crippen LogP contribution < -0.4 is 5.56 Å². The van der Waals surface area contributed by atoms with Crippen LogP contribution in [0.15, 0.2) is 76.9 Å². The van der Waals surface area contributed by atoms with Crippen LogP contribution in [0.2, 0.25) is 0 Å².